The Balaban J connectivity index is 2.44. The summed E-state index contributed by atoms with van der Waals surface area (Å²) in [4.78, 5) is 10.00. The Labute approximate surface area is 112 Å². The molecule has 0 saturated heterocycles. The van der Waals surface area contributed by atoms with Crippen molar-refractivity contribution in [2.45, 2.75) is 6.61 Å². The van der Waals surface area contributed by atoms with E-state index >= 15 is 0 Å². The van der Waals surface area contributed by atoms with Crippen molar-refractivity contribution in [2.24, 2.45) is 0 Å². The van der Waals surface area contributed by atoms with E-state index in [1.54, 1.807) is 0 Å². The summed E-state index contributed by atoms with van der Waals surface area (Å²) in [5.41, 5.74) is -0.362. The number of ether oxygens (including phenoxy) is 1. The fraction of sp³-hybridized carbons (Fsp3) is 0.0769. The lowest BCUT2D eigenvalue weighted by Gasteiger charge is -2.08. The number of benzene rings is 2. The van der Waals surface area contributed by atoms with Gasteiger partial charge in [-0.15, -0.1) is 0 Å². The molecule has 0 fully saturated rings. The molecule has 0 spiro atoms. The minimum atomic E-state index is -0.936. The lowest BCUT2D eigenvalue weighted by molar-refractivity contribution is -0.385. The number of aliphatic hydroxyl groups excluding tert-OH is 1. The van der Waals surface area contributed by atoms with Crippen LogP contribution >= 0.6 is 0 Å². The Morgan fingerprint density at radius 1 is 1.25 bits per heavy atom. The molecule has 2 rings (SSSR count). The molecule has 0 bridgehead atoms. The first kappa shape index (κ1) is 13.9. The SMILES string of the molecule is O=[N+]([O-])c1cccc(F)c1Oc1cc(F)cc(CO)c1. The molecule has 0 heterocycles. The number of halogens is 2. The largest absolute Gasteiger partial charge is 0.447 e. The average Bonchev–Trinajstić information content (AvgIpc) is 2.40. The lowest BCUT2D eigenvalue weighted by atomic mass is 10.2. The van der Waals surface area contributed by atoms with E-state index < -0.39 is 34.6 Å². The molecule has 0 radical (unpaired) electrons. The number of aliphatic hydroxyl groups is 1. The Bertz CT molecular complexity index is 661. The van der Waals surface area contributed by atoms with Gasteiger partial charge in [0.2, 0.25) is 5.75 Å². The number of nitro benzene ring substituents is 1. The number of nitrogens with zero attached hydrogens (tertiary/aromatic N) is 1. The van der Waals surface area contributed by atoms with Crippen molar-refractivity contribution in [3.63, 3.8) is 0 Å². The van der Waals surface area contributed by atoms with E-state index in [0.717, 1.165) is 24.3 Å². The van der Waals surface area contributed by atoms with Gasteiger partial charge in [-0.1, -0.05) is 6.07 Å². The van der Waals surface area contributed by atoms with E-state index in [9.17, 15) is 18.9 Å². The van der Waals surface area contributed by atoms with Crippen LogP contribution < -0.4 is 4.74 Å². The molecular weight excluding hydrogens is 272 g/mol. The van der Waals surface area contributed by atoms with Crippen LogP contribution in [0.15, 0.2) is 36.4 Å². The van der Waals surface area contributed by atoms with E-state index in [1.165, 1.54) is 12.1 Å². The summed E-state index contributed by atoms with van der Waals surface area (Å²) in [6, 6.07) is 6.52. The highest BCUT2D eigenvalue weighted by Gasteiger charge is 2.20. The van der Waals surface area contributed by atoms with Crippen molar-refractivity contribution < 1.29 is 23.5 Å². The fourth-order valence-corrected chi connectivity index (χ4v) is 1.63. The van der Waals surface area contributed by atoms with Crippen LogP contribution in [-0.4, -0.2) is 10.0 Å². The number of hydrogen-bond donors (Lipinski definition) is 1. The van der Waals surface area contributed by atoms with E-state index in [1.807, 2.05) is 0 Å². The van der Waals surface area contributed by atoms with Gasteiger partial charge in [0, 0.05) is 12.1 Å². The molecule has 0 aliphatic heterocycles. The molecule has 2 aromatic rings. The van der Waals surface area contributed by atoms with Gasteiger partial charge in [0.1, 0.15) is 11.6 Å². The Morgan fingerprint density at radius 3 is 2.65 bits per heavy atom. The van der Waals surface area contributed by atoms with Gasteiger partial charge in [0.05, 0.1) is 11.5 Å². The van der Waals surface area contributed by atoms with Crippen molar-refractivity contribution in [2.75, 3.05) is 0 Å². The molecule has 0 aliphatic carbocycles. The highest BCUT2D eigenvalue weighted by molar-refractivity contribution is 5.49. The normalized spacial score (nSPS) is 10.3. The third-order valence-corrected chi connectivity index (χ3v) is 2.48. The Hall–Kier alpha value is -2.54. The van der Waals surface area contributed by atoms with Crippen molar-refractivity contribution in [1.29, 1.82) is 0 Å². The summed E-state index contributed by atoms with van der Waals surface area (Å²) < 4.78 is 31.9. The quantitative estimate of drug-likeness (QED) is 0.690. The minimum absolute atomic E-state index is 0.137. The highest BCUT2D eigenvalue weighted by atomic mass is 19.1. The van der Waals surface area contributed by atoms with Crippen molar-refractivity contribution in [3.8, 4) is 11.5 Å². The predicted octanol–water partition coefficient (Wildman–Crippen LogP) is 3.16. The first-order chi connectivity index (χ1) is 9.51. The molecule has 20 heavy (non-hydrogen) atoms. The molecule has 0 atom stereocenters. The van der Waals surface area contributed by atoms with Gasteiger partial charge in [-0.05, 0) is 23.8 Å². The van der Waals surface area contributed by atoms with Crippen LogP contribution in [-0.2, 0) is 6.61 Å². The molecule has 5 nitrogen and oxygen atoms in total. The molecule has 0 aromatic heterocycles. The van der Waals surface area contributed by atoms with Gasteiger partial charge >= 0.3 is 5.69 Å². The first-order valence-corrected chi connectivity index (χ1v) is 5.52. The number of hydrogen-bond acceptors (Lipinski definition) is 4. The average molecular weight is 281 g/mol. The minimum Gasteiger partial charge on any atom is -0.447 e. The van der Waals surface area contributed by atoms with Crippen LogP contribution in [0, 0.1) is 21.7 Å². The summed E-state index contributed by atoms with van der Waals surface area (Å²) >= 11 is 0. The van der Waals surface area contributed by atoms with E-state index in [4.69, 9.17) is 9.84 Å². The van der Waals surface area contributed by atoms with Gasteiger partial charge in [0.15, 0.2) is 5.82 Å². The van der Waals surface area contributed by atoms with Gasteiger partial charge in [-0.3, -0.25) is 10.1 Å². The number of para-hydroxylation sites is 1. The number of rotatable bonds is 4. The second-order valence-corrected chi connectivity index (χ2v) is 3.90. The van der Waals surface area contributed by atoms with Gasteiger partial charge in [0.25, 0.3) is 0 Å². The standard InChI is InChI=1S/C13H9F2NO4/c14-9-4-8(7-17)5-10(6-9)20-13-11(15)2-1-3-12(13)16(18)19/h1-6,17H,7H2. The van der Waals surface area contributed by atoms with Crippen LogP contribution in [0.25, 0.3) is 0 Å². The summed E-state index contributed by atoms with van der Waals surface area (Å²) in [6.07, 6.45) is 0. The Morgan fingerprint density at radius 2 is 2.00 bits per heavy atom. The second-order valence-electron chi connectivity index (χ2n) is 3.90. The summed E-state index contributed by atoms with van der Waals surface area (Å²) in [6.45, 7) is -0.437. The van der Waals surface area contributed by atoms with Crippen molar-refractivity contribution >= 4 is 5.69 Å². The molecule has 0 saturated carbocycles. The summed E-state index contributed by atoms with van der Waals surface area (Å²) in [7, 11) is 0. The summed E-state index contributed by atoms with van der Waals surface area (Å²) in [5, 5.41) is 19.7. The van der Waals surface area contributed by atoms with E-state index in [-0.39, 0.29) is 11.3 Å². The lowest BCUT2D eigenvalue weighted by Crippen LogP contribution is -1.97. The Kier molecular flexibility index (Phi) is 3.90. The maximum absolute atomic E-state index is 13.6. The van der Waals surface area contributed by atoms with E-state index in [0.29, 0.717) is 0 Å². The molecule has 2 aromatic carbocycles. The monoisotopic (exact) mass is 281 g/mol. The zero-order chi connectivity index (χ0) is 14.7. The van der Waals surface area contributed by atoms with Crippen LogP contribution in [0.1, 0.15) is 5.56 Å². The molecule has 0 unspecified atom stereocenters. The summed E-state index contributed by atoms with van der Waals surface area (Å²) in [5.74, 6) is -2.38. The molecule has 104 valence electrons. The van der Waals surface area contributed by atoms with Gasteiger partial charge in [-0.25, -0.2) is 8.78 Å². The van der Waals surface area contributed by atoms with Crippen LogP contribution in [0.2, 0.25) is 0 Å². The zero-order valence-electron chi connectivity index (χ0n) is 10.0. The molecule has 1 N–H and O–H groups in total. The molecule has 7 heteroatoms. The fourth-order valence-electron chi connectivity index (χ4n) is 1.63. The molecular formula is C13H9F2NO4. The first-order valence-electron chi connectivity index (χ1n) is 5.52. The van der Waals surface area contributed by atoms with Gasteiger partial charge < -0.3 is 9.84 Å². The molecule has 0 amide bonds. The number of nitro groups is 1. The third kappa shape index (κ3) is 2.89. The third-order valence-electron chi connectivity index (χ3n) is 2.48. The predicted molar refractivity (Wildman–Crippen MR) is 65.5 cm³/mol. The van der Waals surface area contributed by atoms with Gasteiger partial charge in [-0.2, -0.15) is 0 Å². The van der Waals surface area contributed by atoms with Crippen LogP contribution in [0.3, 0.4) is 0 Å². The highest BCUT2D eigenvalue weighted by Crippen LogP contribution is 2.34. The van der Waals surface area contributed by atoms with Crippen LogP contribution in [0.5, 0.6) is 11.5 Å². The second kappa shape index (κ2) is 5.62. The maximum Gasteiger partial charge on any atom is 0.314 e. The van der Waals surface area contributed by atoms with Crippen molar-refractivity contribution in [3.05, 3.63) is 63.7 Å². The van der Waals surface area contributed by atoms with Crippen molar-refractivity contribution in [1.82, 2.24) is 0 Å². The molecule has 0 aliphatic rings. The zero-order valence-corrected chi connectivity index (χ0v) is 10.0. The smallest absolute Gasteiger partial charge is 0.314 e. The maximum atomic E-state index is 13.6. The topological polar surface area (TPSA) is 72.6 Å². The van der Waals surface area contributed by atoms with E-state index in [2.05, 4.69) is 0 Å². The van der Waals surface area contributed by atoms with Crippen LogP contribution in [0.4, 0.5) is 14.5 Å².